The average Bonchev–Trinajstić information content (AvgIpc) is 2.85. The predicted octanol–water partition coefficient (Wildman–Crippen LogP) is 5.20. The highest BCUT2D eigenvalue weighted by molar-refractivity contribution is 5.87. The number of rotatable bonds is 3. The van der Waals surface area contributed by atoms with Gasteiger partial charge in [-0.15, -0.1) is 0 Å². The van der Waals surface area contributed by atoms with Crippen LogP contribution in [-0.2, 0) is 18.0 Å². The quantitative estimate of drug-likeness (QED) is 0.351. The van der Waals surface area contributed by atoms with Gasteiger partial charge in [0, 0.05) is 37.4 Å². The Morgan fingerprint density at radius 3 is 2.49 bits per heavy atom. The van der Waals surface area contributed by atoms with Crippen LogP contribution in [0.5, 0.6) is 0 Å². The van der Waals surface area contributed by atoms with Crippen LogP contribution in [0.2, 0.25) is 0 Å². The standard InChI is InChI=1S/C26H23F4N5O2/c1-13-14(2)32-25-23(31-13)22(18-6-5-17(11-19(18)27)26(28,29)30)33-24(34-25)15-8-9-37-20(10-15)16-4-7-21(36)35(3)12-16/h4-7,11-12,15,20H,8-10H2,1-3H3/t15-,20+/m1/s1. The van der Waals surface area contributed by atoms with E-state index in [1.807, 2.05) is 0 Å². The lowest BCUT2D eigenvalue weighted by Gasteiger charge is -2.29. The molecule has 4 heterocycles. The van der Waals surface area contributed by atoms with Crippen molar-refractivity contribution >= 4 is 11.2 Å². The van der Waals surface area contributed by atoms with Crippen LogP contribution < -0.4 is 5.56 Å². The van der Waals surface area contributed by atoms with Crippen LogP contribution in [0.4, 0.5) is 17.6 Å². The predicted molar refractivity (Wildman–Crippen MR) is 127 cm³/mol. The summed E-state index contributed by atoms with van der Waals surface area (Å²) >= 11 is 0. The van der Waals surface area contributed by atoms with E-state index in [1.54, 1.807) is 33.2 Å². The Morgan fingerprint density at radius 1 is 1.03 bits per heavy atom. The van der Waals surface area contributed by atoms with Gasteiger partial charge in [-0.1, -0.05) is 0 Å². The fourth-order valence-electron chi connectivity index (χ4n) is 4.45. The van der Waals surface area contributed by atoms with Crippen molar-refractivity contribution in [3.05, 3.63) is 81.0 Å². The summed E-state index contributed by atoms with van der Waals surface area (Å²) in [7, 11) is 1.66. The number of nitrogens with zero attached hydrogens (tertiary/aromatic N) is 5. The molecule has 4 aromatic rings. The van der Waals surface area contributed by atoms with Crippen LogP contribution in [-0.4, -0.2) is 31.1 Å². The molecule has 1 saturated heterocycles. The number of halogens is 4. The largest absolute Gasteiger partial charge is 0.416 e. The van der Waals surface area contributed by atoms with Gasteiger partial charge in [-0.05, 0) is 56.5 Å². The molecule has 3 aromatic heterocycles. The Kier molecular flexibility index (Phi) is 6.26. The van der Waals surface area contributed by atoms with Crippen molar-refractivity contribution in [3.63, 3.8) is 0 Å². The zero-order chi connectivity index (χ0) is 26.5. The van der Waals surface area contributed by atoms with Gasteiger partial charge in [-0.25, -0.2) is 24.3 Å². The second-order valence-corrected chi connectivity index (χ2v) is 9.18. The number of pyridine rings is 1. The van der Waals surface area contributed by atoms with Crippen LogP contribution >= 0.6 is 0 Å². The van der Waals surface area contributed by atoms with Gasteiger partial charge in [0.05, 0.1) is 23.1 Å². The highest BCUT2D eigenvalue weighted by atomic mass is 19.4. The van der Waals surface area contributed by atoms with Gasteiger partial charge in [-0.3, -0.25) is 4.79 Å². The van der Waals surface area contributed by atoms with Crippen molar-refractivity contribution in [2.45, 2.75) is 44.9 Å². The Hall–Kier alpha value is -3.73. The molecule has 5 rings (SSSR count). The summed E-state index contributed by atoms with van der Waals surface area (Å²) in [5, 5.41) is 0. The third-order valence-corrected chi connectivity index (χ3v) is 6.64. The molecule has 7 nitrogen and oxygen atoms in total. The summed E-state index contributed by atoms with van der Waals surface area (Å²) in [5.74, 6) is -0.867. The first-order chi connectivity index (χ1) is 17.5. The lowest BCUT2D eigenvalue weighted by molar-refractivity contribution is -0.137. The minimum atomic E-state index is -4.68. The van der Waals surface area contributed by atoms with Gasteiger partial charge in [0.25, 0.3) is 0 Å². The van der Waals surface area contributed by atoms with Gasteiger partial charge in [0.2, 0.25) is 5.56 Å². The van der Waals surface area contributed by atoms with Crippen molar-refractivity contribution in [1.29, 1.82) is 0 Å². The molecule has 0 radical (unpaired) electrons. The maximum Gasteiger partial charge on any atom is 0.416 e. The van der Waals surface area contributed by atoms with Crippen LogP contribution in [0.1, 0.15) is 53.2 Å². The number of ether oxygens (including phenoxy) is 1. The second-order valence-electron chi connectivity index (χ2n) is 9.18. The number of fused-ring (bicyclic) bond motifs is 1. The number of benzene rings is 1. The zero-order valence-electron chi connectivity index (χ0n) is 20.3. The normalized spacial score (nSPS) is 18.4. The summed E-state index contributed by atoms with van der Waals surface area (Å²) in [6.07, 6.45) is -2.19. The fourth-order valence-corrected chi connectivity index (χ4v) is 4.45. The molecular weight excluding hydrogens is 490 g/mol. The fraction of sp³-hybridized carbons (Fsp3) is 0.346. The molecule has 0 aliphatic carbocycles. The second kappa shape index (κ2) is 9.29. The number of aryl methyl sites for hydroxylation is 3. The number of hydrogen-bond donors (Lipinski definition) is 0. The monoisotopic (exact) mass is 513 g/mol. The SMILES string of the molecule is Cc1nc2nc([C@@H]3CCO[C@H](c4ccc(=O)n(C)c4)C3)nc(-c3ccc(C(F)(F)F)cc3F)c2nc1C. The van der Waals surface area contributed by atoms with Gasteiger partial charge in [0.1, 0.15) is 22.9 Å². The Morgan fingerprint density at radius 2 is 1.78 bits per heavy atom. The Bertz CT molecular complexity index is 1570. The van der Waals surface area contributed by atoms with E-state index in [2.05, 4.69) is 19.9 Å². The molecule has 1 fully saturated rings. The minimum absolute atomic E-state index is 0.0898. The molecule has 0 unspecified atom stereocenters. The third-order valence-electron chi connectivity index (χ3n) is 6.64. The molecule has 1 aliphatic rings. The van der Waals surface area contributed by atoms with Crippen molar-refractivity contribution in [2.24, 2.45) is 7.05 Å². The van der Waals surface area contributed by atoms with E-state index in [-0.39, 0.29) is 40.0 Å². The van der Waals surface area contributed by atoms with Crippen molar-refractivity contribution in [3.8, 4) is 11.3 Å². The molecule has 37 heavy (non-hydrogen) atoms. The Labute approximate surface area is 209 Å². The number of alkyl halides is 3. The molecular formula is C26H23F4N5O2. The van der Waals surface area contributed by atoms with Gasteiger partial charge < -0.3 is 9.30 Å². The van der Waals surface area contributed by atoms with E-state index in [0.717, 1.165) is 17.7 Å². The molecule has 2 atom stereocenters. The topological polar surface area (TPSA) is 82.8 Å². The summed E-state index contributed by atoms with van der Waals surface area (Å²) in [5.41, 5.74) is 1.25. The first-order valence-electron chi connectivity index (χ1n) is 11.7. The lowest BCUT2D eigenvalue weighted by Crippen LogP contribution is -2.23. The molecule has 0 spiro atoms. The van der Waals surface area contributed by atoms with Crippen molar-refractivity contribution in [2.75, 3.05) is 6.61 Å². The summed E-state index contributed by atoms with van der Waals surface area (Å²) in [6.45, 7) is 3.91. The highest BCUT2D eigenvalue weighted by Crippen LogP contribution is 2.38. The van der Waals surface area contributed by atoms with E-state index in [4.69, 9.17) is 4.74 Å². The zero-order valence-corrected chi connectivity index (χ0v) is 20.3. The van der Waals surface area contributed by atoms with Crippen molar-refractivity contribution < 1.29 is 22.3 Å². The number of aromatic nitrogens is 5. The summed E-state index contributed by atoms with van der Waals surface area (Å²) in [4.78, 5) is 30.1. The maximum atomic E-state index is 15.0. The summed E-state index contributed by atoms with van der Waals surface area (Å²) in [6, 6.07) is 5.54. The van der Waals surface area contributed by atoms with E-state index in [0.29, 0.717) is 42.7 Å². The van der Waals surface area contributed by atoms with E-state index in [1.165, 1.54) is 10.6 Å². The van der Waals surface area contributed by atoms with E-state index < -0.39 is 17.6 Å². The molecule has 0 N–H and O–H groups in total. The molecule has 1 aliphatic heterocycles. The molecule has 0 amide bonds. The maximum absolute atomic E-state index is 15.0. The van der Waals surface area contributed by atoms with Crippen LogP contribution in [0, 0.1) is 19.7 Å². The van der Waals surface area contributed by atoms with Gasteiger partial charge in [0.15, 0.2) is 5.65 Å². The first kappa shape index (κ1) is 24.9. The van der Waals surface area contributed by atoms with Crippen LogP contribution in [0.25, 0.3) is 22.4 Å². The highest BCUT2D eigenvalue weighted by Gasteiger charge is 2.32. The molecule has 11 heteroatoms. The van der Waals surface area contributed by atoms with Crippen molar-refractivity contribution in [1.82, 2.24) is 24.5 Å². The lowest BCUT2D eigenvalue weighted by atomic mass is 9.91. The third kappa shape index (κ3) is 4.83. The van der Waals surface area contributed by atoms with Gasteiger partial charge >= 0.3 is 6.18 Å². The molecule has 0 bridgehead atoms. The van der Waals surface area contributed by atoms with Crippen LogP contribution in [0.3, 0.4) is 0 Å². The molecule has 0 saturated carbocycles. The first-order valence-corrected chi connectivity index (χ1v) is 11.7. The minimum Gasteiger partial charge on any atom is -0.373 e. The van der Waals surface area contributed by atoms with E-state index >= 15 is 4.39 Å². The Balaban J connectivity index is 1.61. The summed E-state index contributed by atoms with van der Waals surface area (Å²) < 4.78 is 61.9. The molecule has 192 valence electrons. The van der Waals surface area contributed by atoms with Gasteiger partial charge in [-0.2, -0.15) is 13.2 Å². The average molecular weight is 513 g/mol. The van der Waals surface area contributed by atoms with Crippen LogP contribution in [0.15, 0.2) is 41.3 Å². The van der Waals surface area contributed by atoms with E-state index in [9.17, 15) is 18.0 Å². The molecule has 1 aromatic carbocycles. The number of hydrogen-bond acceptors (Lipinski definition) is 6. The smallest absolute Gasteiger partial charge is 0.373 e.